The summed E-state index contributed by atoms with van der Waals surface area (Å²) in [5, 5.41) is 0. The van der Waals surface area contributed by atoms with Crippen LogP contribution < -0.4 is 4.90 Å². The van der Waals surface area contributed by atoms with Crippen LogP contribution in [0.3, 0.4) is 0 Å². The number of carbonyl (C=O) groups is 1. The van der Waals surface area contributed by atoms with Gasteiger partial charge in [0.2, 0.25) is 0 Å². The normalized spacial score (nSPS) is 16.8. The first-order valence-electron chi connectivity index (χ1n) is 7.17. The van der Waals surface area contributed by atoms with Crippen LogP contribution in [0.15, 0.2) is 18.2 Å². The molecule has 0 saturated carbocycles. The monoisotopic (exact) mass is 278 g/mol. The fourth-order valence-corrected chi connectivity index (χ4v) is 2.86. The van der Waals surface area contributed by atoms with E-state index in [0.29, 0.717) is 17.2 Å². The molecular formula is C16H23FN2O. The molecule has 110 valence electrons. The zero-order valence-corrected chi connectivity index (χ0v) is 12.5. The van der Waals surface area contributed by atoms with Gasteiger partial charge in [0.05, 0.1) is 5.69 Å². The fraction of sp³-hybridized carbons (Fsp3) is 0.562. The Morgan fingerprint density at radius 1 is 1.35 bits per heavy atom. The van der Waals surface area contributed by atoms with E-state index < -0.39 is 0 Å². The van der Waals surface area contributed by atoms with E-state index in [2.05, 4.69) is 23.9 Å². The summed E-state index contributed by atoms with van der Waals surface area (Å²) in [4.78, 5) is 15.5. The molecule has 1 aromatic rings. The fourth-order valence-electron chi connectivity index (χ4n) is 2.86. The second-order valence-electron chi connectivity index (χ2n) is 5.92. The van der Waals surface area contributed by atoms with Gasteiger partial charge in [-0.15, -0.1) is 0 Å². The Labute approximate surface area is 120 Å². The number of hydrogen-bond acceptors (Lipinski definition) is 3. The van der Waals surface area contributed by atoms with E-state index in [0.717, 1.165) is 32.5 Å². The quantitative estimate of drug-likeness (QED) is 0.791. The predicted molar refractivity (Wildman–Crippen MR) is 79.9 cm³/mol. The zero-order chi connectivity index (χ0) is 14.7. The van der Waals surface area contributed by atoms with Gasteiger partial charge in [-0.2, -0.15) is 0 Å². The SMILES string of the molecule is CC(=O)c1ccc(N2CCC(CN(C)C)CC2)c(F)c1. The van der Waals surface area contributed by atoms with Gasteiger partial charge in [-0.1, -0.05) is 0 Å². The lowest BCUT2D eigenvalue weighted by Crippen LogP contribution is -2.37. The molecule has 20 heavy (non-hydrogen) atoms. The maximum absolute atomic E-state index is 14.1. The van der Waals surface area contributed by atoms with Crippen molar-refractivity contribution in [2.24, 2.45) is 5.92 Å². The number of halogens is 1. The minimum Gasteiger partial charge on any atom is -0.369 e. The second-order valence-corrected chi connectivity index (χ2v) is 5.92. The van der Waals surface area contributed by atoms with Crippen LogP contribution in [0.5, 0.6) is 0 Å². The van der Waals surface area contributed by atoms with E-state index in [1.165, 1.54) is 13.0 Å². The number of anilines is 1. The molecule has 0 spiro atoms. The van der Waals surface area contributed by atoms with Gasteiger partial charge in [-0.25, -0.2) is 4.39 Å². The number of piperidine rings is 1. The largest absolute Gasteiger partial charge is 0.369 e. The highest BCUT2D eigenvalue weighted by molar-refractivity contribution is 5.94. The molecule has 1 fully saturated rings. The molecule has 0 bridgehead atoms. The van der Waals surface area contributed by atoms with Crippen LogP contribution in [0.1, 0.15) is 30.1 Å². The molecule has 3 nitrogen and oxygen atoms in total. The topological polar surface area (TPSA) is 23.6 Å². The highest BCUT2D eigenvalue weighted by Gasteiger charge is 2.21. The first-order chi connectivity index (χ1) is 9.47. The molecule has 1 aromatic carbocycles. The van der Waals surface area contributed by atoms with Crippen LogP contribution >= 0.6 is 0 Å². The summed E-state index contributed by atoms with van der Waals surface area (Å²) in [6.45, 7) is 4.32. The van der Waals surface area contributed by atoms with E-state index in [1.54, 1.807) is 12.1 Å². The summed E-state index contributed by atoms with van der Waals surface area (Å²) < 4.78 is 14.1. The highest BCUT2D eigenvalue weighted by atomic mass is 19.1. The Bertz CT molecular complexity index is 479. The van der Waals surface area contributed by atoms with Crippen molar-refractivity contribution in [2.75, 3.05) is 38.6 Å². The molecule has 0 N–H and O–H groups in total. The third-order valence-electron chi connectivity index (χ3n) is 3.93. The van der Waals surface area contributed by atoms with Crippen LogP contribution in [0.25, 0.3) is 0 Å². The Morgan fingerprint density at radius 2 is 2.00 bits per heavy atom. The second kappa shape index (κ2) is 6.35. The van der Waals surface area contributed by atoms with Gasteiger partial charge >= 0.3 is 0 Å². The van der Waals surface area contributed by atoms with Crippen molar-refractivity contribution in [3.8, 4) is 0 Å². The number of nitrogens with zero attached hydrogens (tertiary/aromatic N) is 2. The van der Waals surface area contributed by atoms with Gasteiger partial charge in [0, 0.05) is 25.2 Å². The summed E-state index contributed by atoms with van der Waals surface area (Å²) in [5.41, 5.74) is 1.06. The van der Waals surface area contributed by atoms with Gasteiger partial charge in [-0.05, 0) is 58.0 Å². The number of hydrogen-bond donors (Lipinski definition) is 0. The van der Waals surface area contributed by atoms with Crippen molar-refractivity contribution in [3.63, 3.8) is 0 Å². The third-order valence-corrected chi connectivity index (χ3v) is 3.93. The first kappa shape index (κ1) is 15.0. The lowest BCUT2D eigenvalue weighted by Gasteiger charge is -2.34. The van der Waals surface area contributed by atoms with Crippen LogP contribution in [0, 0.1) is 11.7 Å². The van der Waals surface area contributed by atoms with Crippen LogP contribution in [-0.2, 0) is 0 Å². The Morgan fingerprint density at radius 3 is 2.50 bits per heavy atom. The number of ketones is 1. The van der Waals surface area contributed by atoms with Crippen molar-refractivity contribution >= 4 is 11.5 Å². The van der Waals surface area contributed by atoms with Crippen molar-refractivity contribution in [1.82, 2.24) is 4.90 Å². The lowest BCUT2D eigenvalue weighted by molar-refractivity contribution is 0.101. The maximum atomic E-state index is 14.1. The Hall–Kier alpha value is -1.42. The molecule has 0 aliphatic carbocycles. The summed E-state index contributed by atoms with van der Waals surface area (Å²) in [7, 11) is 4.18. The molecule has 0 amide bonds. The van der Waals surface area contributed by atoms with Gasteiger partial charge < -0.3 is 9.80 Å². The van der Waals surface area contributed by atoms with Crippen LogP contribution in [0.2, 0.25) is 0 Å². The van der Waals surface area contributed by atoms with Crippen molar-refractivity contribution in [1.29, 1.82) is 0 Å². The minimum absolute atomic E-state index is 0.0971. The minimum atomic E-state index is -0.288. The molecule has 1 saturated heterocycles. The molecule has 0 aromatic heterocycles. The van der Waals surface area contributed by atoms with E-state index in [9.17, 15) is 9.18 Å². The van der Waals surface area contributed by atoms with Crippen molar-refractivity contribution < 1.29 is 9.18 Å². The van der Waals surface area contributed by atoms with Crippen molar-refractivity contribution in [2.45, 2.75) is 19.8 Å². The molecule has 0 unspecified atom stereocenters. The van der Waals surface area contributed by atoms with E-state index >= 15 is 0 Å². The Balaban J connectivity index is 2.02. The average Bonchev–Trinajstić information content (AvgIpc) is 2.39. The molecule has 1 aliphatic rings. The van der Waals surface area contributed by atoms with Gasteiger partial charge in [0.25, 0.3) is 0 Å². The number of carbonyl (C=O) groups excluding carboxylic acids is 1. The van der Waals surface area contributed by atoms with Gasteiger partial charge in [0.15, 0.2) is 5.78 Å². The third kappa shape index (κ3) is 3.57. The standard InChI is InChI=1S/C16H23FN2O/c1-12(20)14-4-5-16(15(17)10-14)19-8-6-13(7-9-19)11-18(2)3/h4-5,10,13H,6-9,11H2,1-3H3. The first-order valence-corrected chi connectivity index (χ1v) is 7.17. The molecule has 0 radical (unpaired) electrons. The maximum Gasteiger partial charge on any atom is 0.159 e. The molecule has 2 rings (SSSR count). The molecule has 4 heteroatoms. The van der Waals surface area contributed by atoms with Crippen LogP contribution in [-0.4, -0.2) is 44.4 Å². The summed E-state index contributed by atoms with van der Waals surface area (Å²) >= 11 is 0. The number of Topliss-reactive ketones (excluding diaryl/α,β-unsaturated/α-hetero) is 1. The van der Waals surface area contributed by atoms with Gasteiger partial charge in [-0.3, -0.25) is 4.79 Å². The summed E-state index contributed by atoms with van der Waals surface area (Å²) in [6, 6.07) is 4.80. The van der Waals surface area contributed by atoms with Crippen molar-refractivity contribution in [3.05, 3.63) is 29.6 Å². The number of rotatable bonds is 4. The molecule has 0 atom stereocenters. The summed E-state index contributed by atoms with van der Waals surface area (Å²) in [5.74, 6) is 0.310. The van der Waals surface area contributed by atoms with E-state index in [1.807, 2.05) is 0 Å². The average molecular weight is 278 g/mol. The summed E-state index contributed by atoms with van der Waals surface area (Å²) in [6.07, 6.45) is 2.18. The van der Waals surface area contributed by atoms with E-state index in [-0.39, 0.29) is 11.6 Å². The molecule has 1 aliphatic heterocycles. The zero-order valence-electron chi connectivity index (χ0n) is 12.5. The highest BCUT2D eigenvalue weighted by Crippen LogP contribution is 2.26. The molecule has 1 heterocycles. The smallest absolute Gasteiger partial charge is 0.159 e. The van der Waals surface area contributed by atoms with Gasteiger partial charge in [0.1, 0.15) is 5.82 Å². The number of benzene rings is 1. The lowest BCUT2D eigenvalue weighted by atomic mass is 9.96. The Kier molecular flexibility index (Phi) is 4.76. The van der Waals surface area contributed by atoms with Crippen LogP contribution in [0.4, 0.5) is 10.1 Å². The predicted octanol–water partition coefficient (Wildman–Crippen LogP) is 2.81. The van der Waals surface area contributed by atoms with E-state index in [4.69, 9.17) is 0 Å². The molecular weight excluding hydrogens is 255 g/mol.